The first-order chi connectivity index (χ1) is 37.6. The van der Waals surface area contributed by atoms with Crippen LogP contribution in [0.5, 0.6) is 0 Å². The predicted octanol–water partition coefficient (Wildman–Crippen LogP) is 14.4. The van der Waals surface area contributed by atoms with E-state index < -0.39 is 41.5 Å². The van der Waals surface area contributed by atoms with E-state index in [1.807, 2.05) is 158 Å². The van der Waals surface area contributed by atoms with Gasteiger partial charge in [-0.3, -0.25) is 9.59 Å². The molecule has 0 aliphatic rings. The quantitative estimate of drug-likeness (QED) is 0.0725. The van der Waals surface area contributed by atoms with Crippen LogP contribution in [0.1, 0.15) is 51.9 Å². The number of carbonyl (C=O) groups is 2. The van der Waals surface area contributed by atoms with Gasteiger partial charge in [0.05, 0.1) is 23.3 Å². The molecular formula is C71H58N2O4. The van der Waals surface area contributed by atoms with Crippen molar-refractivity contribution in [2.24, 2.45) is 0 Å². The van der Waals surface area contributed by atoms with Gasteiger partial charge >= 0.3 is 0 Å². The highest BCUT2D eigenvalue weighted by molar-refractivity contribution is 5.98. The van der Waals surface area contributed by atoms with Gasteiger partial charge in [-0.2, -0.15) is 0 Å². The average Bonchev–Trinajstić information content (AvgIpc) is 3.47. The summed E-state index contributed by atoms with van der Waals surface area (Å²) in [6.45, 7) is 0. The van der Waals surface area contributed by atoms with Gasteiger partial charge in [-0.1, -0.05) is 255 Å². The fourth-order valence-corrected chi connectivity index (χ4v) is 11.9. The highest BCUT2D eigenvalue weighted by Gasteiger charge is 2.43. The van der Waals surface area contributed by atoms with E-state index in [4.69, 9.17) is 0 Å². The molecule has 0 unspecified atom stereocenters. The molecule has 4 N–H and O–H groups in total. The summed E-state index contributed by atoms with van der Waals surface area (Å²) in [5.41, 5.74) is 1.83. The van der Waals surface area contributed by atoms with E-state index in [0.717, 1.165) is 98.0 Å². The number of hydrogen-bond donors (Lipinski definition) is 4. The minimum absolute atomic E-state index is 0.185. The maximum Gasteiger partial charge on any atom is 0.230 e. The topological polar surface area (TPSA) is 98.7 Å². The van der Waals surface area contributed by atoms with Gasteiger partial charge in [0.15, 0.2) is 0 Å². The maximum atomic E-state index is 15.1. The monoisotopic (exact) mass is 1000 g/mol. The molecule has 12 aromatic carbocycles. The first-order valence-electron chi connectivity index (χ1n) is 26.5. The third kappa shape index (κ3) is 10.4. The third-order valence-electron chi connectivity index (χ3n) is 15.6. The van der Waals surface area contributed by atoms with Crippen LogP contribution >= 0.6 is 0 Å². The van der Waals surface area contributed by atoms with Crippen molar-refractivity contribution in [3.05, 3.63) is 288 Å². The molecule has 2 atom stereocenters. The van der Waals surface area contributed by atoms with Gasteiger partial charge in [0.2, 0.25) is 11.8 Å². The Hall–Kier alpha value is -8.94. The lowest BCUT2D eigenvalue weighted by Crippen LogP contribution is -2.51. The molecule has 6 heteroatoms. The first-order valence-corrected chi connectivity index (χ1v) is 26.5. The van der Waals surface area contributed by atoms with Gasteiger partial charge in [0.1, 0.15) is 6.42 Å². The average molecular weight is 1000 g/mol. The molecule has 0 bridgehead atoms. The van der Waals surface area contributed by atoms with E-state index in [1.54, 1.807) is 0 Å². The van der Waals surface area contributed by atoms with Crippen LogP contribution in [0.2, 0.25) is 0 Å². The molecule has 0 fully saturated rings. The Labute approximate surface area is 448 Å². The van der Waals surface area contributed by atoms with Gasteiger partial charge in [-0.15, -0.1) is 0 Å². The fraction of sp³-hybridized carbons (Fsp3) is 0.127. The van der Waals surface area contributed by atoms with E-state index in [-0.39, 0.29) is 25.7 Å². The highest BCUT2D eigenvalue weighted by Crippen LogP contribution is 2.40. The summed E-state index contributed by atoms with van der Waals surface area (Å²) < 4.78 is 0. The molecule has 12 aromatic rings. The van der Waals surface area contributed by atoms with Crippen LogP contribution in [-0.2, 0) is 35.3 Å². The molecule has 0 aromatic heterocycles. The second-order valence-corrected chi connectivity index (χ2v) is 21.0. The van der Waals surface area contributed by atoms with Crippen molar-refractivity contribution in [3.63, 3.8) is 0 Å². The summed E-state index contributed by atoms with van der Waals surface area (Å²) in [6.07, 6.45) is 0.164. The van der Waals surface area contributed by atoms with Gasteiger partial charge in [0, 0.05) is 25.7 Å². The van der Waals surface area contributed by atoms with E-state index in [0.29, 0.717) is 0 Å². The van der Waals surface area contributed by atoms with Crippen LogP contribution in [0.15, 0.2) is 255 Å². The van der Waals surface area contributed by atoms with Crippen molar-refractivity contribution >= 4 is 76.4 Å². The summed E-state index contributed by atoms with van der Waals surface area (Å²) in [5.74, 6) is -1.14. The number of rotatable bonds is 16. The zero-order valence-corrected chi connectivity index (χ0v) is 42.6. The normalized spacial score (nSPS) is 12.8. The van der Waals surface area contributed by atoms with Crippen LogP contribution in [0.3, 0.4) is 0 Å². The number of hydrogen-bond acceptors (Lipinski definition) is 4. The number of amides is 2. The molecular weight excluding hydrogens is 945 g/mol. The number of carbonyl (C=O) groups excluding carboxylic acids is 2. The molecule has 0 heterocycles. The lowest BCUT2D eigenvalue weighted by atomic mass is 9.77. The standard InChI is InChI=1S/C71H58N2O4/c74-66(72-68(64-29-13-25-56-19-9-11-27-62(56)64)70(76,44-48-31-35-52-15-1-5-21-58(52)39-48)45-49-32-36-53-16-2-6-22-59(53)40-49)43-67(75)73-69(65-30-14-26-57-20-10-12-28-63(57)65)71(77,46-50-33-37-54-17-3-7-23-60(54)41-50)47-51-34-38-55-18-4-8-24-61(55)42-51/h1-42,68-69,76-77H,43-47H2,(H,72,74)(H,73,75)/t68-,69-/m0/s1. The van der Waals surface area contributed by atoms with Crippen molar-refractivity contribution in [2.45, 2.75) is 55.4 Å². The lowest BCUT2D eigenvalue weighted by molar-refractivity contribution is -0.133. The number of fused-ring (bicyclic) bond motifs is 6. The Morgan fingerprint density at radius 3 is 0.883 bits per heavy atom. The van der Waals surface area contributed by atoms with Crippen LogP contribution < -0.4 is 10.6 Å². The molecule has 2 amide bonds. The summed E-state index contributed by atoms with van der Waals surface area (Å²) in [6, 6.07) is 83.5. The lowest BCUT2D eigenvalue weighted by Gasteiger charge is -2.39. The van der Waals surface area contributed by atoms with E-state index in [9.17, 15) is 10.2 Å². The molecule has 6 nitrogen and oxygen atoms in total. The Morgan fingerprint density at radius 2 is 0.571 bits per heavy atom. The number of nitrogens with one attached hydrogen (secondary N) is 2. The smallest absolute Gasteiger partial charge is 0.230 e. The predicted molar refractivity (Wildman–Crippen MR) is 315 cm³/mol. The van der Waals surface area contributed by atoms with Crippen molar-refractivity contribution in [1.82, 2.24) is 10.6 Å². The molecule has 0 saturated heterocycles. The molecule has 0 aliphatic heterocycles. The second kappa shape index (κ2) is 21.0. The highest BCUT2D eigenvalue weighted by atomic mass is 16.3. The minimum Gasteiger partial charge on any atom is -0.387 e. The van der Waals surface area contributed by atoms with Crippen LogP contribution in [0, 0.1) is 0 Å². The first kappa shape index (κ1) is 49.0. The minimum atomic E-state index is -1.62. The molecule has 77 heavy (non-hydrogen) atoms. The van der Waals surface area contributed by atoms with E-state index in [2.05, 4.69) is 108 Å². The largest absolute Gasteiger partial charge is 0.387 e. The summed E-state index contributed by atoms with van der Waals surface area (Å²) in [7, 11) is 0. The van der Waals surface area contributed by atoms with Crippen molar-refractivity contribution in [2.75, 3.05) is 0 Å². The van der Waals surface area contributed by atoms with Gasteiger partial charge in [0.25, 0.3) is 0 Å². The van der Waals surface area contributed by atoms with Gasteiger partial charge in [-0.05, 0) is 98.0 Å². The summed E-state index contributed by atoms with van der Waals surface area (Å²) in [4.78, 5) is 30.3. The zero-order valence-electron chi connectivity index (χ0n) is 42.6. The summed E-state index contributed by atoms with van der Waals surface area (Å²) >= 11 is 0. The van der Waals surface area contributed by atoms with Crippen molar-refractivity contribution in [3.8, 4) is 0 Å². The molecule has 0 saturated carbocycles. The molecule has 0 aliphatic carbocycles. The Balaban J connectivity index is 0.937. The second-order valence-electron chi connectivity index (χ2n) is 21.0. The molecule has 12 rings (SSSR count). The summed E-state index contributed by atoms with van der Waals surface area (Å²) in [5, 5.41) is 46.3. The van der Waals surface area contributed by atoms with E-state index >= 15 is 9.59 Å². The SMILES string of the molecule is O=C(CC(=O)N[C@@H](c1cccc2ccccc12)C(O)(Cc1ccc2ccccc2c1)Cc1ccc2ccccc2c1)N[C@@H](c1cccc2ccccc12)C(O)(Cc1ccc2ccccc2c1)Cc1ccc2ccccc2c1. The van der Waals surface area contributed by atoms with Crippen molar-refractivity contribution in [1.29, 1.82) is 0 Å². The zero-order chi connectivity index (χ0) is 52.3. The van der Waals surface area contributed by atoms with Crippen LogP contribution in [-0.4, -0.2) is 33.2 Å². The van der Waals surface area contributed by atoms with Crippen LogP contribution in [0.25, 0.3) is 64.6 Å². The Morgan fingerprint density at radius 1 is 0.312 bits per heavy atom. The number of benzene rings is 12. The fourth-order valence-electron chi connectivity index (χ4n) is 11.9. The third-order valence-corrected chi connectivity index (χ3v) is 15.6. The molecule has 0 spiro atoms. The van der Waals surface area contributed by atoms with Gasteiger partial charge in [-0.25, -0.2) is 0 Å². The van der Waals surface area contributed by atoms with Crippen molar-refractivity contribution < 1.29 is 19.8 Å². The molecule has 0 radical (unpaired) electrons. The molecule has 376 valence electrons. The Bertz CT molecular complexity index is 3720. The van der Waals surface area contributed by atoms with Crippen LogP contribution in [0.4, 0.5) is 0 Å². The van der Waals surface area contributed by atoms with E-state index in [1.165, 1.54) is 0 Å². The Kier molecular flexibility index (Phi) is 13.4. The maximum absolute atomic E-state index is 15.1. The number of aliphatic hydroxyl groups is 2. The van der Waals surface area contributed by atoms with Gasteiger partial charge < -0.3 is 20.8 Å².